The number of β-amino-alcohol motifs (C(OH)–C–C–N with tert-alkyl or cyclic N) is 1. The fourth-order valence-corrected chi connectivity index (χ4v) is 4.71. The predicted molar refractivity (Wildman–Crippen MR) is 132 cm³/mol. The first kappa shape index (κ1) is 31.2. The molecule has 1 aliphatic heterocycles. The number of aliphatic carboxylic acids is 1. The molecule has 0 aromatic carbocycles. The summed E-state index contributed by atoms with van der Waals surface area (Å²) in [6, 6.07) is 0. The van der Waals surface area contributed by atoms with Crippen LogP contribution in [-0.4, -0.2) is 62.2 Å². The Morgan fingerprint density at radius 1 is 0.886 bits per heavy atom. The molecule has 0 spiro atoms. The number of aliphatic hydroxyl groups is 1. The Kier molecular flexibility index (Phi) is 14.9. The number of nitrogens with zero attached hydrogens (tertiary/aromatic N) is 1. The minimum absolute atomic E-state index is 0.0614. The van der Waals surface area contributed by atoms with Gasteiger partial charge in [0.25, 0.3) is 0 Å². The van der Waals surface area contributed by atoms with Gasteiger partial charge in [-0.25, -0.2) is 4.79 Å². The third-order valence-electron chi connectivity index (χ3n) is 6.87. The molecular formula is C26H46N2O7. The van der Waals surface area contributed by atoms with Gasteiger partial charge in [0.05, 0.1) is 18.6 Å². The van der Waals surface area contributed by atoms with Crippen molar-refractivity contribution in [3.8, 4) is 0 Å². The molecule has 4 N–H and O–H groups in total. The van der Waals surface area contributed by atoms with Gasteiger partial charge in [-0.3, -0.25) is 19.7 Å². The summed E-state index contributed by atoms with van der Waals surface area (Å²) in [6.07, 6.45) is 12.2. The highest BCUT2D eigenvalue weighted by molar-refractivity contribution is 6.17. The number of hydrogen-bond donors (Lipinski definition) is 4. The number of unbranched alkanes of at least 4 members (excludes halogenated alkanes) is 11. The molecule has 1 saturated heterocycles. The maximum atomic E-state index is 13.2. The van der Waals surface area contributed by atoms with Gasteiger partial charge in [0, 0.05) is 12.8 Å². The maximum absolute atomic E-state index is 13.2. The lowest BCUT2D eigenvalue weighted by molar-refractivity contribution is -0.190. The number of Topliss-reactive ketones (excluding diaryl/α,β-unsaturated/α-hetero) is 1. The topological polar surface area (TPSA) is 144 Å². The van der Waals surface area contributed by atoms with Crippen LogP contribution in [0.25, 0.3) is 0 Å². The monoisotopic (exact) mass is 498 g/mol. The summed E-state index contributed by atoms with van der Waals surface area (Å²) >= 11 is 0. The Hall–Kier alpha value is -1.84. The number of imide groups is 1. The number of carboxylic acids is 1. The average Bonchev–Trinajstić information content (AvgIpc) is 3.12. The van der Waals surface area contributed by atoms with Crippen LogP contribution < -0.4 is 5.32 Å². The molecule has 0 radical (unpaired) electrons. The Balaban J connectivity index is 2.50. The number of carbonyl (C=O) groups excluding carboxylic acids is 3. The molecule has 9 heteroatoms. The van der Waals surface area contributed by atoms with E-state index < -0.39 is 54.1 Å². The zero-order valence-electron chi connectivity index (χ0n) is 21.6. The summed E-state index contributed by atoms with van der Waals surface area (Å²) in [5, 5.41) is 32.2. The third-order valence-corrected chi connectivity index (χ3v) is 6.87. The summed E-state index contributed by atoms with van der Waals surface area (Å²) in [7, 11) is 0. The number of aliphatic hydroxyl groups excluding tert-OH is 1. The predicted octanol–water partition coefficient (Wildman–Crippen LogP) is 3.99. The highest BCUT2D eigenvalue weighted by Gasteiger charge is 2.59. The van der Waals surface area contributed by atoms with Gasteiger partial charge in [0.15, 0.2) is 5.78 Å². The molecular weight excluding hydrogens is 452 g/mol. The van der Waals surface area contributed by atoms with Crippen LogP contribution in [0.1, 0.15) is 117 Å². The lowest BCUT2D eigenvalue weighted by Gasteiger charge is -2.31. The molecule has 35 heavy (non-hydrogen) atoms. The second-order valence-corrected chi connectivity index (χ2v) is 9.86. The molecule has 0 saturated carbocycles. The quantitative estimate of drug-likeness (QED) is 0.155. The average molecular weight is 499 g/mol. The van der Waals surface area contributed by atoms with Crippen molar-refractivity contribution in [3.63, 3.8) is 0 Å². The van der Waals surface area contributed by atoms with E-state index in [9.17, 15) is 34.6 Å². The Morgan fingerprint density at radius 2 is 1.40 bits per heavy atom. The number of hydrogen-bond acceptors (Lipinski definition) is 7. The van der Waals surface area contributed by atoms with Crippen molar-refractivity contribution in [1.29, 1.82) is 0 Å². The van der Waals surface area contributed by atoms with E-state index in [2.05, 4.69) is 12.2 Å². The Bertz CT molecular complexity index is 685. The molecule has 3 atom stereocenters. The van der Waals surface area contributed by atoms with Gasteiger partial charge in [0.2, 0.25) is 17.4 Å². The number of hydroxylamine groups is 2. The number of ketones is 1. The van der Waals surface area contributed by atoms with Gasteiger partial charge in [-0.05, 0) is 12.8 Å². The van der Waals surface area contributed by atoms with Crippen LogP contribution in [0.4, 0.5) is 0 Å². The van der Waals surface area contributed by atoms with Crippen LogP contribution in [-0.2, 0) is 19.2 Å². The van der Waals surface area contributed by atoms with Gasteiger partial charge >= 0.3 is 5.97 Å². The van der Waals surface area contributed by atoms with Gasteiger partial charge in [0.1, 0.15) is 0 Å². The zero-order valence-corrected chi connectivity index (χ0v) is 21.6. The first-order valence-electron chi connectivity index (χ1n) is 13.5. The summed E-state index contributed by atoms with van der Waals surface area (Å²) in [5.41, 5.74) is -2.39. The second-order valence-electron chi connectivity index (χ2n) is 9.86. The molecule has 0 bridgehead atoms. The van der Waals surface area contributed by atoms with E-state index in [1.54, 1.807) is 0 Å². The van der Waals surface area contributed by atoms with Crippen LogP contribution >= 0.6 is 0 Å². The second kappa shape index (κ2) is 16.8. The first-order chi connectivity index (χ1) is 16.7. The summed E-state index contributed by atoms with van der Waals surface area (Å²) in [6.45, 7) is 3.67. The highest BCUT2D eigenvalue weighted by atomic mass is 16.5. The normalized spacial score (nSPS) is 21.1. The molecule has 0 aromatic heterocycles. The van der Waals surface area contributed by atoms with E-state index in [1.165, 1.54) is 44.9 Å². The van der Waals surface area contributed by atoms with Crippen molar-refractivity contribution in [2.75, 3.05) is 6.54 Å². The highest BCUT2D eigenvalue weighted by Crippen LogP contribution is 2.33. The number of nitrogens with one attached hydrogen (secondary N) is 1. The molecule has 202 valence electrons. The molecule has 1 heterocycles. The lowest BCUT2D eigenvalue weighted by atomic mass is 9.81. The Labute approximate surface area is 209 Å². The standard InChI is InChI=1S/C26H46N2O7/c1-3-5-7-8-9-10-11-12-13-14-15-17-22(30)27-24(32)21(16-6-4-2)23(31)26(25(33)34)18-20(29)19-28(26)35/h20-21,29,35H,3-19H2,1-2H3,(H,33,34)(H,27,30,32). The van der Waals surface area contributed by atoms with Crippen molar-refractivity contribution in [2.24, 2.45) is 5.92 Å². The van der Waals surface area contributed by atoms with Crippen LogP contribution in [0.2, 0.25) is 0 Å². The van der Waals surface area contributed by atoms with Crippen molar-refractivity contribution < 1.29 is 34.6 Å². The van der Waals surface area contributed by atoms with Gasteiger partial charge in [-0.2, -0.15) is 5.06 Å². The third kappa shape index (κ3) is 9.97. The molecule has 1 fully saturated rings. The molecule has 1 rings (SSSR count). The molecule has 0 aliphatic carbocycles. The van der Waals surface area contributed by atoms with Gasteiger partial charge < -0.3 is 15.4 Å². The number of carbonyl (C=O) groups is 4. The molecule has 0 aromatic rings. The lowest BCUT2D eigenvalue weighted by Crippen LogP contribution is -2.59. The van der Waals surface area contributed by atoms with E-state index in [-0.39, 0.29) is 12.8 Å². The van der Waals surface area contributed by atoms with Crippen molar-refractivity contribution in [3.05, 3.63) is 0 Å². The van der Waals surface area contributed by atoms with E-state index >= 15 is 0 Å². The largest absolute Gasteiger partial charge is 0.479 e. The molecule has 2 amide bonds. The number of rotatable bonds is 19. The first-order valence-corrected chi connectivity index (χ1v) is 13.5. The van der Waals surface area contributed by atoms with Gasteiger partial charge in [-0.15, -0.1) is 0 Å². The summed E-state index contributed by atoms with van der Waals surface area (Å²) < 4.78 is 0. The maximum Gasteiger partial charge on any atom is 0.334 e. The van der Waals surface area contributed by atoms with Crippen molar-refractivity contribution in [2.45, 2.75) is 128 Å². The number of amides is 2. The van der Waals surface area contributed by atoms with Crippen LogP contribution in [0.3, 0.4) is 0 Å². The Morgan fingerprint density at radius 3 is 1.86 bits per heavy atom. The van der Waals surface area contributed by atoms with E-state index in [4.69, 9.17) is 0 Å². The SMILES string of the molecule is CCCCCCCCCCCCCC(=O)NC(=O)C(CCCC)C(=O)C1(C(=O)O)CC(O)CN1O. The van der Waals surface area contributed by atoms with E-state index in [0.29, 0.717) is 24.3 Å². The fraction of sp³-hybridized carbons (Fsp3) is 0.846. The molecule has 9 nitrogen and oxygen atoms in total. The molecule has 1 aliphatic rings. The van der Waals surface area contributed by atoms with Gasteiger partial charge in [-0.1, -0.05) is 90.9 Å². The number of carboxylic acid groups (broad SMARTS) is 1. The van der Waals surface area contributed by atoms with Crippen LogP contribution in [0.5, 0.6) is 0 Å². The van der Waals surface area contributed by atoms with Crippen molar-refractivity contribution >= 4 is 23.6 Å². The summed E-state index contributed by atoms with van der Waals surface area (Å²) in [4.78, 5) is 50.2. The van der Waals surface area contributed by atoms with Crippen LogP contribution in [0, 0.1) is 5.92 Å². The minimum Gasteiger partial charge on any atom is -0.479 e. The molecule has 3 unspecified atom stereocenters. The zero-order chi connectivity index (χ0) is 26.3. The smallest absolute Gasteiger partial charge is 0.334 e. The van der Waals surface area contributed by atoms with E-state index in [0.717, 1.165) is 19.3 Å². The fourth-order valence-electron chi connectivity index (χ4n) is 4.71. The van der Waals surface area contributed by atoms with E-state index in [1.807, 2.05) is 6.92 Å². The summed E-state index contributed by atoms with van der Waals surface area (Å²) in [5.74, 6) is -5.35. The van der Waals surface area contributed by atoms with Crippen LogP contribution in [0.15, 0.2) is 0 Å². The van der Waals surface area contributed by atoms with Crippen molar-refractivity contribution in [1.82, 2.24) is 10.4 Å². The minimum atomic E-state index is -2.39.